The molecule has 0 bridgehead atoms. The summed E-state index contributed by atoms with van der Waals surface area (Å²) >= 11 is 0. The molecule has 1 aromatic heterocycles. The third-order valence-electron chi connectivity index (χ3n) is 4.56. The lowest BCUT2D eigenvalue weighted by atomic mass is 10.0. The summed E-state index contributed by atoms with van der Waals surface area (Å²) in [6.45, 7) is 0.624. The van der Waals surface area contributed by atoms with Crippen molar-refractivity contribution in [2.45, 2.75) is 37.9 Å². The Morgan fingerprint density at radius 2 is 1.87 bits per heavy atom. The molecule has 1 aliphatic rings. The molecule has 3 rings (SSSR count). The van der Waals surface area contributed by atoms with Crippen molar-refractivity contribution in [3.8, 4) is 0 Å². The Balaban J connectivity index is 1.93. The van der Waals surface area contributed by atoms with Crippen LogP contribution in [0.4, 0.5) is 0 Å². The SMILES string of the molecule is CNC1CCCC(c2ccccc2)N(Cc2ccncc2)C1=O. The van der Waals surface area contributed by atoms with Gasteiger partial charge in [-0.3, -0.25) is 9.78 Å². The van der Waals surface area contributed by atoms with E-state index in [2.05, 4.69) is 22.4 Å². The van der Waals surface area contributed by atoms with Crippen molar-refractivity contribution in [3.63, 3.8) is 0 Å². The summed E-state index contributed by atoms with van der Waals surface area (Å²) in [5, 5.41) is 3.18. The molecule has 1 aliphatic heterocycles. The molecule has 0 aliphatic carbocycles. The van der Waals surface area contributed by atoms with E-state index in [4.69, 9.17) is 0 Å². The lowest BCUT2D eigenvalue weighted by Crippen LogP contribution is -2.44. The van der Waals surface area contributed by atoms with Gasteiger partial charge >= 0.3 is 0 Å². The first-order valence-electron chi connectivity index (χ1n) is 8.21. The number of likely N-dealkylation sites (tertiary alicyclic amines) is 1. The average molecular weight is 309 g/mol. The van der Waals surface area contributed by atoms with Gasteiger partial charge in [0.05, 0.1) is 12.1 Å². The minimum Gasteiger partial charge on any atom is -0.330 e. The second-order valence-electron chi connectivity index (χ2n) is 6.02. The van der Waals surface area contributed by atoms with E-state index in [9.17, 15) is 4.79 Å². The van der Waals surface area contributed by atoms with Gasteiger partial charge < -0.3 is 10.2 Å². The van der Waals surface area contributed by atoms with Crippen LogP contribution in [0.25, 0.3) is 0 Å². The molecule has 1 saturated heterocycles. The Labute approximate surface area is 137 Å². The van der Waals surface area contributed by atoms with Crippen LogP contribution >= 0.6 is 0 Å². The van der Waals surface area contributed by atoms with Crippen LogP contribution in [0.5, 0.6) is 0 Å². The number of amides is 1. The molecule has 2 unspecified atom stereocenters. The van der Waals surface area contributed by atoms with Gasteiger partial charge in [0.2, 0.25) is 5.91 Å². The summed E-state index contributed by atoms with van der Waals surface area (Å²) in [5.74, 6) is 0.190. The molecule has 2 aromatic rings. The third kappa shape index (κ3) is 3.59. The number of benzene rings is 1. The van der Waals surface area contributed by atoms with Crippen LogP contribution in [0, 0.1) is 0 Å². The monoisotopic (exact) mass is 309 g/mol. The molecule has 1 fully saturated rings. The number of hydrogen-bond donors (Lipinski definition) is 1. The number of nitrogens with one attached hydrogen (secondary N) is 1. The Kier molecular flexibility index (Phi) is 5.03. The molecule has 0 spiro atoms. The molecular weight excluding hydrogens is 286 g/mol. The number of aromatic nitrogens is 1. The second-order valence-corrected chi connectivity index (χ2v) is 6.02. The fourth-order valence-corrected chi connectivity index (χ4v) is 3.31. The normalized spacial score (nSPS) is 22.0. The van der Waals surface area contributed by atoms with E-state index in [1.165, 1.54) is 5.56 Å². The maximum absolute atomic E-state index is 13.0. The first-order chi connectivity index (χ1) is 11.3. The van der Waals surface area contributed by atoms with E-state index < -0.39 is 0 Å². The van der Waals surface area contributed by atoms with Crippen LogP contribution in [0.2, 0.25) is 0 Å². The van der Waals surface area contributed by atoms with Crippen molar-refractivity contribution in [1.82, 2.24) is 15.2 Å². The molecule has 2 heterocycles. The van der Waals surface area contributed by atoms with E-state index in [-0.39, 0.29) is 18.0 Å². The largest absolute Gasteiger partial charge is 0.330 e. The zero-order valence-electron chi connectivity index (χ0n) is 13.5. The fourth-order valence-electron chi connectivity index (χ4n) is 3.31. The summed E-state index contributed by atoms with van der Waals surface area (Å²) in [4.78, 5) is 19.1. The number of rotatable bonds is 4. The highest BCUT2D eigenvalue weighted by Crippen LogP contribution is 2.32. The van der Waals surface area contributed by atoms with Gasteiger partial charge in [-0.1, -0.05) is 30.3 Å². The Hall–Kier alpha value is -2.20. The minimum atomic E-state index is -0.0921. The molecule has 1 aromatic carbocycles. The second kappa shape index (κ2) is 7.38. The van der Waals surface area contributed by atoms with Crippen LogP contribution < -0.4 is 5.32 Å². The van der Waals surface area contributed by atoms with Gasteiger partial charge in [0.1, 0.15) is 0 Å². The lowest BCUT2D eigenvalue weighted by Gasteiger charge is -2.32. The van der Waals surface area contributed by atoms with Crippen LogP contribution in [-0.2, 0) is 11.3 Å². The Morgan fingerprint density at radius 3 is 2.57 bits per heavy atom. The molecule has 4 nitrogen and oxygen atoms in total. The summed E-state index contributed by atoms with van der Waals surface area (Å²) in [5.41, 5.74) is 2.33. The van der Waals surface area contributed by atoms with Crippen molar-refractivity contribution >= 4 is 5.91 Å². The molecule has 1 N–H and O–H groups in total. The van der Waals surface area contributed by atoms with Crippen molar-refractivity contribution < 1.29 is 4.79 Å². The molecule has 0 saturated carbocycles. The van der Waals surface area contributed by atoms with Gasteiger partial charge in [-0.15, -0.1) is 0 Å². The van der Waals surface area contributed by atoms with Gasteiger partial charge in [0, 0.05) is 18.9 Å². The molecular formula is C19H23N3O. The maximum Gasteiger partial charge on any atom is 0.240 e. The zero-order valence-corrected chi connectivity index (χ0v) is 13.5. The lowest BCUT2D eigenvalue weighted by molar-refractivity contribution is -0.135. The summed E-state index contributed by atoms with van der Waals surface area (Å²) in [6.07, 6.45) is 6.50. The molecule has 0 radical (unpaired) electrons. The van der Waals surface area contributed by atoms with Crippen molar-refractivity contribution in [2.75, 3.05) is 7.05 Å². The number of pyridine rings is 1. The topological polar surface area (TPSA) is 45.2 Å². The third-order valence-corrected chi connectivity index (χ3v) is 4.56. The Morgan fingerprint density at radius 1 is 1.13 bits per heavy atom. The molecule has 4 heteroatoms. The molecule has 2 atom stereocenters. The standard InChI is InChI=1S/C19H23N3O/c1-20-17-8-5-9-18(16-6-3-2-4-7-16)22(19(17)23)14-15-10-12-21-13-11-15/h2-4,6-7,10-13,17-18,20H,5,8-9,14H2,1H3. The smallest absolute Gasteiger partial charge is 0.240 e. The van der Waals surface area contributed by atoms with Crippen molar-refractivity contribution in [2.24, 2.45) is 0 Å². The predicted molar refractivity (Wildman–Crippen MR) is 90.7 cm³/mol. The number of likely N-dealkylation sites (N-methyl/N-ethyl adjacent to an activating group) is 1. The Bertz CT molecular complexity index is 630. The van der Waals surface area contributed by atoms with Crippen LogP contribution in [-0.4, -0.2) is 28.9 Å². The van der Waals surface area contributed by atoms with Crippen molar-refractivity contribution in [3.05, 3.63) is 66.0 Å². The number of nitrogens with zero attached hydrogens (tertiary/aromatic N) is 2. The summed E-state index contributed by atoms with van der Waals surface area (Å²) in [7, 11) is 1.87. The molecule has 23 heavy (non-hydrogen) atoms. The molecule has 120 valence electrons. The predicted octanol–water partition coefficient (Wildman–Crippen LogP) is 2.92. The van der Waals surface area contributed by atoms with Crippen LogP contribution in [0.1, 0.15) is 36.4 Å². The zero-order chi connectivity index (χ0) is 16.1. The number of carbonyl (C=O) groups excluding carboxylic acids is 1. The van der Waals surface area contributed by atoms with E-state index in [1.54, 1.807) is 12.4 Å². The van der Waals surface area contributed by atoms with Crippen LogP contribution in [0.3, 0.4) is 0 Å². The van der Waals surface area contributed by atoms with Gasteiger partial charge in [-0.2, -0.15) is 0 Å². The highest BCUT2D eigenvalue weighted by Gasteiger charge is 2.32. The van der Waals surface area contributed by atoms with Gasteiger partial charge in [0.25, 0.3) is 0 Å². The minimum absolute atomic E-state index is 0.0921. The van der Waals surface area contributed by atoms with Gasteiger partial charge in [0.15, 0.2) is 0 Å². The van der Waals surface area contributed by atoms with E-state index >= 15 is 0 Å². The van der Waals surface area contributed by atoms with Gasteiger partial charge in [-0.05, 0) is 49.6 Å². The first kappa shape index (κ1) is 15.7. The quantitative estimate of drug-likeness (QED) is 0.944. The first-order valence-corrected chi connectivity index (χ1v) is 8.21. The maximum atomic E-state index is 13.0. The highest BCUT2D eigenvalue weighted by atomic mass is 16.2. The van der Waals surface area contributed by atoms with E-state index in [0.29, 0.717) is 6.54 Å². The van der Waals surface area contributed by atoms with Gasteiger partial charge in [-0.25, -0.2) is 0 Å². The highest BCUT2D eigenvalue weighted by molar-refractivity contribution is 5.82. The number of carbonyl (C=O) groups is 1. The van der Waals surface area contributed by atoms with Crippen molar-refractivity contribution in [1.29, 1.82) is 0 Å². The molecule has 1 amide bonds. The fraction of sp³-hybridized carbons (Fsp3) is 0.368. The number of hydrogen-bond acceptors (Lipinski definition) is 3. The summed E-state index contributed by atoms with van der Waals surface area (Å²) in [6, 6.07) is 14.4. The summed E-state index contributed by atoms with van der Waals surface area (Å²) < 4.78 is 0. The average Bonchev–Trinajstić information content (AvgIpc) is 2.76. The van der Waals surface area contributed by atoms with E-state index in [1.807, 2.05) is 42.3 Å². The van der Waals surface area contributed by atoms with Crippen LogP contribution in [0.15, 0.2) is 54.9 Å². The van der Waals surface area contributed by atoms with E-state index in [0.717, 1.165) is 24.8 Å².